The summed E-state index contributed by atoms with van der Waals surface area (Å²) >= 11 is 2.76. The highest BCUT2D eigenvalue weighted by Crippen LogP contribution is 2.30. The van der Waals surface area contributed by atoms with Crippen LogP contribution in [-0.2, 0) is 0 Å². The number of halogens is 5. The van der Waals surface area contributed by atoms with E-state index in [0.717, 1.165) is 0 Å². The van der Waals surface area contributed by atoms with Crippen molar-refractivity contribution >= 4 is 38.6 Å². The van der Waals surface area contributed by atoms with Crippen molar-refractivity contribution in [3.05, 3.63) is 61.9 Å². The van der Waals surface area contributed by atoms with Crippen molar-refractivity contribution in [1.29, 1.82) is 0 Å². The van der Waals surface area contributed by atoms with Crippen LogP contribution < -0.4 is 11.2 Å². The number of aromatic nitrogens is 2. The molecule has 3 rings (SSSR count). The number of carboxylic acid groups (broad SMARTS) is 1. The van der Waals surface area contributed by atoms with Gasteiger partial charge in [0.15, 0.2) is 34.9 Å². The molecule has 0 atom stereocenters. The molecule has 0 unspecified atom stereocenters. The maximum Gasteiger partial charge on any atom is 0.341 e. The van der Waals surface area contributed by atoms with Crippen molar-refractivity contribution in [1.82, 2.24) is 9.55 Å². The fourth-order valence-electron chi connectivity index (χ4n) is 2.35. The highest BCUT2D eigenvalue weighted by molar-refractivity contribution is 9.10. The second-order valence-corrected chi connectivity index (χ2v) is 5.88. The number of rotatable bonds is 2. The number of hydrogen-bond donors (Lipinski definition) is 2. The van der Waals surface area contributed by atoms with E-state index < -0.39 is 67.2 Å². The van der Waals surface area contributed by atoms with Crippen LogP contribution in [0, 0.1) is 23.3 Å². The number of carbonyl (C=O) groups is 1. The van der Waals surface area contributed by atoms with Gasteiger partial charge in [-0.3, -0.25) is 9.36 Å². The van der Waals surface area contributed by atoms with Crippen LogP contribution in [0.4, 0.5) is 23.4 Å². The molecule has 26 heavy (non-hydrogen) atoms. The van der Waals surface area contributed by atoms with Crippen LogP contribution in [0.3, 0.4) is 0 Å². The average Bonchev–Trinajstić information content (AvgIpc) is 2.57. The van der Waals surface area contributed by atoms with Gasteiger partial charge in [-0.1, -0.05) is 0 Å². The van der Waals surface area contributed by atoms with Crippen molar-refractivity contribution < 1.29 is 27.5 Å². The van der Waals surface area contributed by atoms with Crippen LogP contribution in [0.15, 0.2) is 27.6 Å². The highest BCUT2D eigenvalue weighted by atomic mass is 79.9. The molecule has 0 aliphatic heterocycles. The average molecular weight is 432 g/mol. The zero-order valence-corrected chi connectivity index (χ0v) is 13.9. The van der Waals surface area contributed by atoms with E-state index in [2.05, 4.69) is 20.9 Å². The monoisotopic (exact) mass is 431 g/mol. The number of nitrogen functional groups attached to an aromatic ring is 1. The van der Waals surface area contributed by atoms with Gasteiger partial charge in [0.1, 0.15) is 5.56 Å². The number of nitrogens with zero attached hydrogens (tertiary/aromatic N) is 2. The smallest absolute Gasteiger partial charge is 0.341 e. The molecule has 2 heterocycles. The molecule has 1 aromatic carbocycles. The first-order valence-corrected chi connectivity index (χ1v) is 7.50. The van der Waals surface area contributed by atoms with Gasteiger partial charge in [0.2, 0.25) is 5.43 Å². The highest BCUT2D eigenvalue weighted by Gasteiger charge is 2.23. The summed E-state index contributed by atoms with van der Waals surface area (Å²) < 4.78 is 55.3. The standard InChI is InChI=1S/C15H6BrF4N3O3/c16-9-10(20)6(17)1-4-11(9)23(3-5(12(4)24)15(25)26)14-8(19)2-7(18)13(21)22-14/h1-3H,(H2,21,22)(H,25,26). The molecular formula is C15H6BrF4N3O3. The van der Waals surface area contributed by atoms with Crippen LogP contribution in [0.2, 0.25) is 0 Å². The summed E-state index contributed by atoms with van der Waals surface area (Å²) in [4.78, 5) is 27.0. The van der Waals surface area contributed by atoms with Gasteiger partial charge in [-0.05, 0) is 22.0 Å². The topological polar surface area (TPSA) is 98.2 Å². The number of anilines is 1. The second kappa shape index (κ2) is 6.09. The Kier molecular flexibility index (Phi) is 4.18. The first kappa shape index (κ1) is 17.9. The van der Waals surface area contributed by atoms with Crippen molar-refractivity contribution in [2.24, 2.45) is 0 Å². The molecule has 11 heteroatoms. The normalized spacial score (nSPS) is 11.1. The van der Waals surface area contributed by atoms with E-state index in [-0.39, 0.29) is 0 Å². The Labute approximate surface area is 149 Å². The predicted molar refractivity (Wildman–Crippen MR) is 86.2 cm³/mol. The zero-order valence-electron chi connectivity index (χ0n) is 12.4. The molecule has 3 aromatic rings. The van der Waals surface area contributed by atoms with E-state index in [1.165, 1.54) is 0 Å². The maximum absolute atomic E-state index is 14.2. The van der Waals surface area contributed by atoms with Crippen molar-refractivity contribution in [3.63, 3.8) is 0 Å². The van der Waals surface area contributed by atoms with Gasteiger partial charge in [-0.2, -0.15) is 0 Å². The molecule has 0 spiro atoms. The van der Waals surface area contributed by atoms with Gasteiger partial charge >= 0.3 is 5.97 Å². The van der Waals surface area contributed by atoms with E-state index in [1.54, 1.807) is 0 Å². The number of pyridine rings is 2. The summed E-state index contributed by atoms with van der Waals surface area (Å²) in [7, 11) is 0. The van der Waals surface area contributed by atoms with Gasteiger partial charge in [-0.15, -0.1) is 0 Å². The molecule has 2 aromatic heterocycles. The summed E-state index contributed by atoms with van der Waals surface area (Å²) in [6.07, 6.45) is 0.665. The van der Waals surface area contributed by atoms with Crippen molar-refractivity contribution in [2.45, 2.75) is 0 Å². The van der Waals surface area contributed by atoms with Crippen molar-refractivity contribution in [2.75, 3.05) is 5.73 Å². The fourth-order valence-corrected chi connectivity index (χ4v) is 2.94. The lowest BCUT2D eigenvalue weighted by atomic mass is 10.1. The number of fused-ring (bicyclic) bond motifs is 1. The minimum Gasteiger partial charge on any atom is -0.477 e. The number of carboxylic acids is 1. The first-order chi connectivity index (χ1) is 12.1. The van der Waals surface area contributed by atoms with Crippen LogP contribution in [0.1, 0.15) is 10.4 Å². The largest absolute Gasteiger partial charge is 0.477 e. The molecule has 0 amide bonds. The van der Waals surface area contributed by atoms with E-state index in [4.69, 9.17) is 10.8 Å². The Bertz CT molecular complexity index is 1160. The summed E-state index contributed by atoms with van der Waals surface area (Å²) in [5, 5.41) is 8.61. The Hall–Kier alpha value is -2.95. The predicted octanol–water partition coefficient (Wildman–Crippen LogP) is 2.99. The lowest BCUT2D eigenvalue weighted by molar-refractivity contribution is 0.0695. The van der Waals surface area contributed by atoms with E-state index in [1.807, 2.05) is 0 Å². The summed E-state index contributed by atoms with van der Waals surface area (Å²) in [5.74, 6) is -8.39. The van der Waals surface area contributed by atoms with Gasteiger partial charge in [0, 0.05) is 12.3 Å². The van der Waals surface area contributed by atoms with Crippen LogP contribution in [0.25, 0.3) is 16.7 Å². The van der Waals surface area contributed by atoms with Crippen LogP contribution in [0.5, 0.6) is 0 Å². The minimum absolute atomic E-state index is 0.385. The molecule has 0 saturated carbocycles. The lowest BCUT2D eigenvalue weighted by Gasteiger charge is -2.15. The van der Waals surface area contributed by atoms with Crippen LogP contribution in [-0.4, -0.2) is 20.6 Å². The molecular weight excluding hydrogens is 426 g/mol. The molecule has 0 fully saturated rings. The fraction of sp³-hybridized carbons (Fsp3) is 0. The number of benzene rings is 1. The van der Waals surface area contributed by atoms with E-state index >= 15 is 0 Å². The molecule has 134 valence electrons. The lowest BCUT2D eigenvalue weighted by Crippen LogP contribution is -2.20. The Morgan fingerprint density at radius 3 is 2.42 bits per heavy atom. The summed E-state index contributed by atoms with van der Waals surface area (Å²) in [5.41, 5.74) is 2.91. The third-order valence-corrected chi connectivity index (χ3v) is 4.25. The molecule has 6 nitrogen and oxygen atoms in total. The Morgan fingerprint density at radius 1 is 1.15 bits per heavy atom. The number of hydrogen-bond acceptors (Lipinski definition) is 4. The number of nitrogens with two attached hydrogens (primary N) is 1. The van der Waals surface area contributed by atoms with Crippen LogP contribution >= 0.6 is 15.9 Å². The van der Waals surface area contributed by atoms with E-state index in [9.17, 15) is 27.2 Å². The maximum atomic E-state index is 14.2. The van der Waals surface area contributed by atoms with E-state index in [0.29, 0.717) is 22.9 Å². The van der Waals surface area contributed by atoms with Gasteiger partial charge < -0.3 is 10.8 Å². The molecule has 0 radical (unpaired) electrons. The SMILES string of the molecule is Nc1nc(-n2cc(C(=O)O)c(=O)c3cc(F)c(F)c(Br)c32)c(F)cc1F. The third kappa shape index (κ3) is 2.60. The van der Waals surface area contributed by atoms with Gasteiger partial charge in [0.25, 0.3) is 0 Å². The summed E-state index contributed by atoms with van der Waals surface area (Å²) in [6, 6.07) is 0.862. The number of aromatic carboxylic acids is 1. The molecule has 0 aliphatic rings. The Balaban J connectivity index is 2.59. The molecule has 0 bridgehead atoms. The Morgan fingerprint density at radius 2 is 1.81 bits per heavy atom. The van der Waals surface area contributed by atoms with Gasteiger partial charge in [0.05, 0.1) is 15.4 Å². The van der Waals surface area contributed by atoms with Gasteiger partial charge in [-0.25, -0.2) is 27.3 Å². The quantitative estimate of drug-likeness (QED) is 0.480. The second-order valence-electron chi connectivity index (χ2n) is 5.09. The molecule has 0 saturated heterocycles. The minimum atomic E-state index is -1.69. The molecule has 3 N–H and O–H groups in total. The molecule has 0 aliphatic carbocycles. The zero-order chi connectivity index (χ0) is 19.3. The summed E-state index contributed by atoms with van der Waals surface area (Å²) in [6.45, 7) is 0. The first-order valence-electron chi connectivity index (χ1n) is 6.71. The third-order valence-electron chi connectivity index (χ3n) is 3.52. The van der Waals surface area contributed by atoms with Crippen molar-refractivity contribution in [3.8, 4) is 5.82 Å².